The molecule has 0 aromatic rings. The smallest absolute Gasteiger partial charge is 0.339 e. The number of ketones is 2. The van der Waals surface area contributed by atoms with Crippen LogP contribution in [0.4, 0.5) is 0 Å². The van der Waals surface area contributed by atoms with Gasteiger partial charge in [-0.2, -0.15) is 0 Å². The first-order valence-corrected chi connectivity index (χ1v) is 11.7. The topological polar surface area (TPSA) is 177 Å². The Bertz CT molecular complexity index is 1130. The largest absolute Gasteiger partial charge is 0.508 e. The molecule has 0 aromatic heterocycles. The van der Waals surface area contributed by atoms with Crippen molar-refractivity contribution in [3.63, 3.8) is 0 Å². The number of Topliss-reactive ketones (excluding diaryl/α,β-unsaturated/α-hetero) is 2. The molecule has 7 atom stereocenters. The molecule has 4 rings (SSSR count). The standard InChI is InChI=1S/C26H32O11/c1-6-7-8-9-15(27)18-14-12-26(23(33)36-5,24(2,20(18)30)22(32)25(14,3)34)37-17-11-13(21(31)35-4)10-16(28)19(17)29/h6-9,11,14,16-17,19,27-29,34H,10,12H2,1-5H3/b7-6+,9-8+,18-15-/t14-,16+,17+,19+,24-,25+,26-/m0/s1. The molecule has 4 aliphatic carbocycles. The summed E-state index contributed by atoms with van der Waals surface area (Å²) in [7, 11) is 2.14. The molecule has 0 unspecified atom stereocenters. The number of ether oxygens (including phenoxy) is 3. The molecule has 0 radical (unpaired) electrons. The number of rotatable bonds is 6. The van der Waals surface area contributed by atoms with Gasteiger partial charge in [-0.25, -0.2) is 9.59 Å². The van der Waals surface area contributed by atoms with E-state index in [1.54, 1.807) is 19.1 Å². The zero-order chi connectivity index (χ0) is 27.9. The van der Waals surface area contributed by atoms with E-state index in [0.717, 1.165) is 27.2 Å². The van der Waals surface area contributed by atoms with Crippen molar-refractivity contribution in [1.29, 1.82) is 0 Å². The fourth-order valence-electron chi connectivity index (χ4n) is 5.49. The predicted molar refractivity (Wildman–Crippen MR) is 127 cm³/mol. The van der Waals surface area contributed by atoms with Crippen LogP contribution in [0.25, 0.3) is 0 Å². The highest BCUT2D eigenvalue weighted by Gasteiger charge is 2.78. The first kappa shape index (κ1) is 28.5. The van der Waals surface area contributed by atoms with Gasteiger partial charge in [0.05, 0.1) is 20.3 Å². The van der Waals surface area contributed by atoms with E-state index < -0.39 is 76.5 Å². The second-order valence-electron chi connectivity index (χ2n) is 9.72. The van der Waals surface area contributed by atoms with E-state index in [0.29, 0.717) is 0 Å². The number of carbonyl (C=O) groups excluding carboxylic acids is 4. The molecule has 3 fully saturated rings. The number of hydrogen-bond acceptors (Lipinski definition) is 11. The average Bonchev–Trinajstić information content (AvgIpc) is 2.86. The Morgan fingerprint density at radius 1 is 1.11 bits per heavy atom. The molecule has 0 heterocycles. The van der Waals surface area contributed by atoms with Gasteiger partial charge in [-0.3, -0.25) is 9.59 Å². The molecule has 37 heavy (non-hydrogen) atoms. The highest BCUT2D eigenvalue weighted by Crippen LogP contribution is 2.60. The summed E-state index contributed by atoms with van der Waals surface area (Å²) in [5.74, 6) is -5.83. The maximum absolute atomic E-state index is 13.8. The number of methoxy groups -OCH3 is 2. The minimum absolute atomic E-state index is 0.0477. The summed E-state index contributed by atoms with van der Waals surface area (Å²) in [6.45, 7) is 4.03. The molecule has 4 N–H and O–H groups in total. The Morgan fingerprint density at radius 2 is 1.76 bits per heavy atom. The van der Waals surface area contributed by atoms with Crippen molar-refractivity contribution in [2.45, 2.75) is 63.1 Å². The molecule has 11 nitrogen and oxygen atoms in total. The monoisotopic (exact) mass is 520 g/mol. The van der Waals surface area contributed by atoms with Crippen molar-refractivity contribution >= 4 is 23.5 Å². The molecule has 0 spiro atoms. The van der Waals surface area contributed by atoms with Gasteiger partial charge in [-0.05, 0) is 39.3 Å². The molecule has 4 aliphatic rings. The van der Waals surface area contributed by atoms with Gasteiger partial charge in [-0.15, -0.1) is 0 Å². The van der Waals surface area contributed by atoms with Gasteiger partial charge < -0.3 is 34.6 Å². The molecular formula is C26H32O11. The molecular weight excluding hydrogens is 488 g/mol. The van der Waals surface area contributed by atoms with Crippen LogP contribution in [0.1, 0.15) is 33.6 Å². The summed E-state index contributed by atoms with van der Waals surface area (Å²) in [5.41, 5.74) is -7.25. The van der Waals surface area contributed by atoms with Crippen LogP contribution in [0.15, 0.2) is 47.3 Å². The lowest BCUT2D eigenvalue weighted by molar-refractivity contribution is -0.239. The maximum atomic E-state index is 13.8. The van der Waals surface area contributed by atoms with Crippen molar-refractivity contribution < 1.29 is 53.8 Å². The van der Waals surface area contributed by atoms with Gasteiger partial charge in [-0.1, -0.05) is 18.2 Å². The Morgan fingerprint density at radius 3 is 2.32 bits per heavy atom. The summed E-state index contributed by atoms with van der Waals surface area (Å²) in [5, 5.41) is 42.9. The summed E-state index contributed by atoms with van der Waals surface area (Å²) in [6.07, 6.45) is 1.70. The van der Waals surface area contributed by atoms with Crippen molar-refractivity contribution in [1.82, 2.24) is 0 Å². The van der Waals surface area contributed by atoms with Crippen LogP contribution in [0.3, 0.4) is 0 Å². The van der Waals surface area contributed by atoms with E-state index in [1.165, 1.54) is 19.1 Å². The second-order valence-corrected chi connectivity index (χ2v) is 9.72. The SMILES string of the molecule is C/C=C/C=C/C(O)=C1/C(=O)[C@@]2(C)C(=O)[C@](C)(O)[C@H]1C[C@]2(O[C@@H]1C=C(C(=O)OC)C[C@@H](O)[C@H]1O)C(=O)OC. The number of esters is 2. The molecule has 11 heteroatoms. The van der Waals surface area contributed by atoms with Crippen LogP contribution < -0.4 is 0 Å². The molecule has 2 bridgehead atoms. The fraction of sp³-hybridized carbons (Fsp3) is 0.538. The van der Waals surface area contributed by atoms with Gasteiger partial charge in [0.15, 0.2) is 17.2 Å². The highest BCUT2D eigenvalue weighted by atomic mass is 16.6. The van der Waals surface area contributed by atoms with Gasteiger partial charge in [0.2, 0.25) is 0 Å². The number of aliphatic hydroxyl groups is 4. The summed E-state index contributed by atoms with van der Waals surface area (Å²) >= 11 is 0. The van der Waals surface area contributed by atoms with Gasteiger partial charge in [0.1, 0.15) is 29.0 Å². The first-order valence-electron chi connectivity index (χ1n) is 11.7. The van der Waals surface area contributed by atoms with Crippen LogP contribution in [-0.4, -0.2) is 87.7 Å². The molecule has 0 saturated heterocycles. The second kappa shape index (κ2) is 9.97. The third-order valence-corrected chi connectivity index (χ3v) is 7.60. The number of carbonyl (C=O) groups is 4. The average molecular weight is 521 g/mol. The van der Waals surface area contributed by atoms with Crippen molar-refractivity contribution in [2.75, 3.05) is 14.2 Å². The van der Waals surface area contributed by atoms with Crippen LogP contribution in [0, 0.1) is 11.3 Å². The molecule has 202 valence electrons. The van der Waals surface area contributed by atoms with Crippen molar-refractivity contribution in [3.8, 4) is 0 Å². The quantitative estimate of drug-likeness (QED) is 0.125. The number of hydrogen-bond donors (Lipinski definition) is 4. The zero-order valence-corrected chi connectivity index (χ0v) is 21.3. The van der Waals surface area contributed by atoms with Crippen LogP contribution in [0.2, 0.25) is 0 Å². The van der Waals surface area contributed by atoms with Gasteiger partial charge in [0.25, 0.3) is 0 Å². The van der Waals surface area contributed by atoms with Crippen molar-refractivity contribution in [2.24, 2.45) is 11.3 Å². The Balaban J connectivity index is 2.23. The minimum atomic E-state index is -2.41. The molecule has 3 saturated carbocycles. The molecule has 0 aliphatic heterocycles. The summed E-state index contributed by atoms with van der Waals surface area (Å²) in [6, 6.07) is 0. The Kier molecular flexibility index (Phi) is 7.67. The van der Waals surface area contributed by atoms with Crippen molar-refractivity contribution in [3.05, 3.63) is 47.3 Å². The normalized spacial score (nSPS) is 39.2. The predicted octanol–water partition coefficient (Wildman–Crippen LogP) is 0.382. The lowest BCUT2D eigenvalue weighted by atomic mass is 9.45. The Labute approximate surface area is 213 Å². The number of fused-ring (bicyclic) bond motifs is 3. The van der Waals surface area contributed by atoms with Gasteiger partial charge >= 0.3 is 11.9 Å². The molecule has 0 amide bonds. The summed E-state index contributed by atoms with van der Waals surface area (Å²) < 4.78 is 15.6. The van der Waals surface area contributed by atoms with Crippen LogP contribution in [-0.2, 0) is 33.4 Å². The summed E-state index contributed by atoms with van der Waals surface area (Å²) in [4.78, 5) is 52.9. The van der Waals surface area contributed by atoms with E-state index in [2.05, 4.69) is 4.74 Å². The van der Waals surface area contributed by atoms with E-state index in [9.17, 15) is 39.6 Å². The third kappa shape index (κ3) is 4.15. The maximum Gasteiger partial charge on any atom is 0.339 e. The van der Waals surface area contributed by atoms with Crippen LogP contribution >= 0.6 is 0 Å². The molecule has 0 aromatic carbocycles. The van der Waals surface area contributed by atoms with E-state index in [-0.39, 0.29) is 17.6 Å². The highest BCUT2D eigenvalue weighted by molar-refractivity contribution is 6.24. The fourth-order valence-corrected chi connectivity index (χ4v) is 5.49. The van der Waals surface area contributed by atoms with E-state index >= 15 is 0 Å². The zero-order valence-electron chi connectivity index (χ0n) is 21.3. The lowest BCUT2D eigenvalue weighted by Crippen LogP contribution is -2.77. The number of aliphatic hydroxyl groups excluding tert-OH is 3. The Hall–Kier alpha value is -3.12. The van der Waals surface area contributed by atoms with Gasteiger partial charge in [0, 0.05) is 23.5 Å². The van der Waals surface area contributed by atoms with E-state index in [1.807, 2.05) is 0 Å². The van der Waals surface area contributed by atoms with Crippen LogP contribution in [0.5, 0.6) is 0 Å². The lowest BCUT2D eigenvalue weighted by Gasteiger charge is -2.59. The number of allylic oxidation sites excluding steroid dienone is 4. The minimum Gasteiger partial charge on any atom is -0.508 e. The first-order chi connectivity index (χ1) is 17.2. The van der Waals surface area contributed by atoms with E-state index in [4.69, 9.17) is 9.47 Å². The third-order valence-electron chi connectivity index (χ3n) is 7.60.